The Balaban J connectivity index is 3.18. The van der Waals surface area contributed by atoms with Gasteiger partial charge in [0.2, 0.25) is 11.2 Å². The number of carbonyl (C=O) groups excluding carboxylic acids is 1. The van der Waals surface area contributed by atoms with Crippen molar-refractivity contribution in [2.24, 2.45) is 0 Å². The molecule has 0 unspecified atom stereocenters. The van der Waals surface area contributed by atoms with Crippen LogP contribution < -0.4 is 5.43 Å². The van der Waals surface area contributed by atoms with E-state index in [0.717, 1.165) is 0 Å². The van der Waals surface area contributed by atoms with Crippen LogP contribution in [0.15, 0.2) is 15.5 Å². The molecule has 0 aliphatic rings. The van der Waals surface area contributed by atoms with Crippen molar-refractivity contribution in [2.75, 3.05) is 6.61 Å². The summed E-state index contributed by atoms with van der Waals surface area (Å²) in [4.78, 5) is 22.8. The standard InChI is InChI=1S/C10H11ClO4/c1-3-6-5-15-9(7(11)8(6)12)10(13)14-4-2/h5H,3-4H2,1-2H3. The Morgan fingerprint density at radius 1 is 1.53 bits per heavy atom. The molecule has 0 atom stereocenters. The van der Waals surface area contributed by atoms with Crippen molar-refractivity contribution in [3.8, 4) is 0 Å². The first-order valence-corrected chi connectivity index (χ1v) is 4.96. The minimum absolute atomic E-state index is 0.203. The molecule has 0 bridgehead atoms. The van der Waals surface area contributed by atoms with Crippen molar-refractivity contribution in [1.29, 1.82) is 0 Å². The Kier molecular flexibility index (Phi) is 3.91. The van der Waals surface area contributed by atoms with Gasteiger partial charge in [-0.25, -0.2) is 4.79 Å². The average molecular weight is 231 g/mol. The lowest BCUT2D eigenvalue weighted by atomic mass is 10.2. The molecule has 1 heterocycles. The zero-order chi connectivity index (χ0) is 11.4. The molecule has 1 rings (SSSR count). The summed E-state index contributed by atoms with van der Waals surface area (Å²) in [5, 5.41) is -0.215. The molecule has 15 heavy (non-hydrogen) atoms. The summed E-state index contributed by atoms with van der Waals surface area (Å²) >= 11 is 5.70. The first kappa shape index (κ1) is 11.8. The van der Waals surface area contributed by atoms with Crippen molar-refractivity contribution in [2.45, 2.75) is 20.3 Å². The SMILES string of the molecule is CCOC(=O)c1occ(CC)c(=O)c1Cl. The number of esters is 1. The Labute approximate surface area is 91.8 Å². The number of halogens is 1. The predicted octanol–water partition coefficient (Wildman–Crippen LogP) is 2.03. The lowest BCUT2D eigenvalue weighted by Gasteiger charge is -2.03. The van der Waals surface area contributed by atoms with Crippen molar-refractivity contribution in [1.82, 2.24) is 0 Å². The molecule has 1 aromatic heterocycles. The molecule has 0 spiro atoms. The van der Waals surface area contributed by atoms with E-state index < -0.39 is 5.97 Å². The summed E-state index contributed by atoms with van der Waals surface area (Å²) in [6.07, 6.45) is 1.74. The van der Waals surface area contributed by atoms with Crippen LogP contribution in [0.25, 0.3) is 0 Å². The quantitative estimate of drug-likeness (QED) is 0.746. The molecule has 0 amide bonds. The van der Waals surface area contributed by atoms with Crippen LogP contribution in [0.1, 0.15) is 30.0 Å². The van der Waals surface area contributed by atoms with Gasteiger partial charge in [-0.2, -0.15) is 0 Å². The average Bonchev–Trinajstić information content (AvgIpc) is 2.22. The molecule has 0 fully saturated rings. The van der Waals surface area contributed by atoms with E-state index in [-0.39, 0.29) is 22.8 Å². The van der Waals surface area contributed by atoms with E-state index in [2.05, 4.69) is 4.74 Å². The second-order valence-corrected chi connectivity index (χ2v) is 3.19. The highest BCUT2D eigenvalue weighted by molar-refractivity contribution is 6.33. The third-order valence-electron chi connectivity index (χ3n) is 1.85. The Morgan fingerprint density at radius 3 is 2.73 bits per heavy atom. The monoisotopic (exact) mass is 230 g/mol. The molecule has 82 valence electrons. The van der Waals surface area contributed by atoms with E-state index in [1.54, 1.807) is 13.8 Å². The first-order valence-electron chi connectivity index (χ1n) is 4.59. The zero-order valence-corrected chi connectivity index (χ0v) is 9.26. The topological polar surface area (TPSA) is 56.5 Å². The van der Waals surface area contributed by atoms with Crippen LogP contribution in [-0.4, -0.2) is 12.6 Å². The minimum atomic E-state index is -0.720. The predicted molar refractivity (Wildman–Crippen MR) is 55.3 cm³/mol. The van der Waals surface area contributed by atoms with Crippen LogP contribution in [0.2, 0.25) is 5.02 Å². The molecular formula is C10H11ClO4. The van der Waals surface area contributed by atoms with Gasteiger partial charge >= 0.3 is 5.97 Å². The van der Waals surface area contributed by atoms with Gasteiger partial charge in [0.25, 0.3) is 0 Å². The third-order valence-corrected chi connectivity index (χ3v) is 2.19. The number of hydrogen-bond donors (Lipinski definition) is 0. The van der Waals surface area contributed by atoms with Crippen LogP contribution in [0.5, 0.6) is 0 Å². The van der Waals surface area contributed by atoms with Crippen molar-refractivity contribution >= 4 is 17.6 Å². The molecule has 4 nitrogen and oxygen atoms in total. The normalized spacial score (nSPS) is 10.1. The van der Waals surface area contributed by atoms with Crippen molar-refractivity contribution in [3.63, 3.8) is 0 Å². The second-order valence-electron chi connectivity index (χ2n) is 2.81. The van der Waals surface area contributed by atoms with E-state index in [9.17, 15) is 9.59 Å². The molecule has 1 aromatic rings. The minimum Gasteiger partial charge on any atom is -0.460 e. The van der Waals surface area contributed by atoms with Gasteiger partial charge < -0.3 is 9.15 Å². The highest BCUT2D eigenvalue weighted by Gasteiger charge is 2.18. The summed E-state index contributed by atoms with van der Waals surface area (Å²) in [5.41, 5.74) is 0.0570. The fourth-order valence-electron chi connectivity index (χ4n) is 1.06. The summed E-state index contributed by atoms with van der Waals surface area (Å²) in [6, 6.07) is 0. The van der Waals surface area contributed by atoms with E-state index in [1.165, 1.54) is 6.26 Å². The Morgan fingerprint density at radius 2 is 2.20 bits per heavy atom. The number of rotatable bonds is 3. The number of aryl methyl sites for hydroxylation is 1. The fourth-order valence-corrected chi connectivity index (χ4v) is 1.30. The van der Waals surface area contributed by atoms with Crippen LogP contribution in [0.4, 0.5) is 0 Å². The van der Waals surface area contributed by atoms with E-state index in [0.29, 0.717) is 12.0 Å². The Bertz CT molecular complexity index is 422. The summed E-state index contributed by atoms with van der Waals surface area (Å²) in [7, 11) is 0. The summed E-state index contributed by atoms with van der Waals surface area (Å²) in [5.74, 6) is -0.956. The van der Waals surface area contributed by atoms with Crippen molar-refractivity contribution < 1.29 is 13.9 Å². The van der Waals surface area contributed by atoms with E-state index in [1.807, 2.05) is 0 Å². The molecule has 0 aromatic carbocycles. The van der Waals surface area contributed by atoms with Crippen molar-refractivity contribution in [3.05, 3.63) is 32.8 Å². The van der Waals surface area contributed by atoms with Crippen LogP contribution >= 0.6 is 11.6 Å². The molecule has 0 saturated heterocycles. The van der Waals surface area contributed by atoms with Gasteiger partial charge in [0, 0.05) is 5.56 Å². The van der Waals surface area contributed by atoms with Gasteiger partial charge in [-0.3, -0.25) is 4.79 Å². The number of ether oxygens (including phenoxy) is 1. The lowest BCUT2D eigenvalue weighted by molar-refractivity contribution is 0.0487. The van der Waals surface area contributed by atoms with Gasteiger partial charge in [-0.1, -0.05) is 18.5 Å². The number of hydrogen-bond acceptors (Lipinski definition) is 4. The smallest absolute Gasteiger partial charge is 0.375 e. The third kappa shape index (κ3) is 2.39. The zero-order valence-electron chi connectivity index (χ0n) is 8.50. The van der Waals surface area contributed by atoms with E-state index >= 15 is 0 Å². The molecule has 0 aliphatic heterocycles. The molecule has 0 radical (unpaired) electrons. The van der Waals surface area contributed by atoms with Crippen LogP contribution in [0, 0.1) is 0 Å². The first-order chi connectivity index (χ1) is 7.11. The largest absolute Gasteiger partial charge is 0.460 e. The molecular weight excluding hydrogens is 220 g/mol. The van der Waals surface area contributed by atoms with E-state index in [4.69, 9.17) is 16.0 Å². The maximum Gasteiger partial charge on any atom is 0.375 e. The maximum absolute atomic E-state index is 11.5. The molecule has 0 N–H and O–H groups in total. The van der Waals surface area contributed by atoms with Gasteiger partial charge in [0.15, 0.2) is 0 Å². The Hall–Kier alpha value is -1.29. The van der Waals surface area contributed by atoms with Gasteiger partial charge in [-0.15, -0.1) is 0 Å². The lowest BCUT2D eigenvalue weighted by Crippen LogP contribution is -2.14. The second kappa shape index (κ2) is 4.98. The summed E-state index contributed by atoms with van der Waals surface area (Å²) in [6.45, 7) is 3.66. The van der Waals surface area contributed by atoms with Gasteiger partial charge in [0.1, 0.15) is 5.02 Å². The molecule has 0 saturated carbocycles. The molecule has 0 aliphatic carbocycles. The van der Waals surface area contributed by atoms with Crippen LogP contribution in [-0.2, 0) is 11.2 Å². The van der Waals surface area contributed by atoms with Gasteiger partial charge in [-0.05, 0) is 13.3 Å². The van der Waals surface area contributed by atoms with Crippen LogP contribution in [0.3, 0.4) is 0 Å². The number of carbonyl (C=O) groups is 1. The highest BCUT2D eigenvalue weighted by atomic mass is 35.5. The molecule has 5 heteroatoms. The summed E-state index contributed by atoms with van der Waals surface area (Å²) < 4.78 is 9.65. The van der Waals surface area contributed by atoms with Gasteiger partial charge in [0.05, 0.1) is 12.9 Å². The highest BCUT2D eigenvalue weighted by Crippen LogP contribution is 2.13. The fraction of sp³-hybridized carbons (Fsp3) is 0.400. The maximum atomic E-state index is 11.5.